The predicted octanol–water partition coefficient (Wildman–Crippen LogP) is 0.979. The molecule has 1 aromatic heterocycles. The smallest absolute Gasteiger partial charge is 0.0904 e. The summed E-state index contributed by atoms with van der Waals surface area (Å²) in [6.45, 7) is 10.8. The average Bonchev–Trinajstić information content (AvgIpc) is 2.50. The molecule has 17 heavy (non-hydrogen) atoms. The third kappa shape index (κ3) is 3.26. The molecule has 0 unspecified atom stereocenters. The fraction of sp³-hybridized carbons (Fsp3) is 0.833. The monoisotopic (exact) mass is 238 g/mol. The van der Waals surface area contributed by atoms with Gasteiger partial charge in [-0.25, -0.2) is 4.68 Å². The van der Waals surface area contributed by atoms with Gasteiger partial charge in [-0.3, -0.25) is 0 Å². The standard InChI is InChI=1S/C12H22N4O/c1-9(2)4-13-5-11-6-16-12(8-17-7-11)10(3)14-15-16/h9,11,13H,4-8H2,1-3H3/t11-/m0/s1. The number of rotatable bonds is 4. The molecule has 0 spiro atoms. The van der Waals surface area contributed by atoms with E-state index < -0.39 is 0 Å². The molecule has 0 fully saturated rings. The molecule has 0 aliphatic carbocycles. The van der Waals surface area contributed by atoms with Gasteiger partial charge in [-0.05, 0) is 19.4 Å². The van der Waals surface area contributed by atoms with E-state index in [1.165, 1.54) is 0 Å². The SMILES string of the molecule is Cc1nnn2c1COC[C@@H](CNCC(C)C)C2. The molecule has 0 saturated carbocycles. The Morgan fingerprint density at radius 2 is 2.35 bits per heavy atom. The fourth-order valence-electron chi connectivity index (χ4n) is 2.06. The van der Waals surface area contributed by atoms with Gasteiger partial charge in [0.05, 0.1) is 24.6 Å². The largest absolute Gasteiger partial charge is 0.375 e. The zero-order valence-corrected chi connectivity index (χ0v) is 10.9. The van der Waals surface area contributed by atoms with E-state index in [1.807, 2.05) is 11.6 Å². The molecule has 1 N–H and O–H groups in total. The van der Waals surface area contributed by atoms with Crippen molar-refractivity contribution in [1.29, 1.82) is 0 Å². The van der Waals surface area contributed by atoms with Crippen LogP contribution in [0.3, 0.4) is 0 Å². The number of aromatic nitrogens is 3. The molecule has 2 heterocycles. The Morgan fingerprint density at radius 3 is 3.12 bits per heavy atom. The molecule has 5 nitrogen and oxygen atoms in total. The van der Waals surface area contributed by atoms with Crippen LogP contribution < -0.4 is 5.32 Å². The van der Waals surface area contributed by atoms with Crippen molar-refractivity contribution in [1.82, 2.24) is 20.3 Å². The molecule has 1 aromatic rings. The Hall–Kier alpha value is -0.940. The van der Waals surface area contributed by atoms with E-state index in [1.54, 1.807) is 0 Å². The second-order valence-electron chi connectivity index (χ2n) is 5.24. The molecular weight excluding hydrogens is 216 g/mol. The second-order valence-corrected chi connectivity index (χ2v) is 5.24. The summed E-state index contributed by atoms with van der Waals surface area (Å²) in [5.41, 5.74) is 2.11. The minimum Gasteiger partial charge on any atom is -0.375 e. The van der Waals surface area contributed by atoms with Crippen molar-refractivity contribution in [2.24, 2.45) is 11.8 Å². The van der Waals surface area contributed by atoms with Crippen LogP contribution in [0.5, 0.6) is 0 Å². The van der Waals surface area contributed by atoms with Gasteiger partial charge in [-0.15, -0.1) is 5.10 Å². The minimum absolute atomic E-state index is 0.482. The van der Waals surface area contributed by atoms with Gasteiger partial charge in [0.1, 0.15) is 0 Å². The van der Waals surface area contributed by atoms with Crippen LogP contribution in [-0.2, 0) is 17.9 Å². The highest BCUT2D eigenvalue weighted by Crippen LogP contribution is 2.14. The summed E-state index contributed by atoms with van der Waals surface area (Å²) >= 11 is 0. The molecule has 5 heteroatoms. The Labute approximate surface area is 103 Å². The summed E-state index contributed by atoms with van der Waals surface area (Å²) in [5.74, 6) is 1.17. The van der Waals surface area contributed by atoms with E-state index >= 15 is 0 Å². The van der Waals surface area contributed by atoms with Crippen LogP contribution in [-0.4, -0.2) is 34.7 Å². The summed E-state index contributed by atoms with van der Waals surface area (Å²) < 4.78 is 7.68. The average molecular weight is 238 g/mol. The molecule has 0 aromatic carbocycles. The zero-order chi connectivity index (χ0) is 12.3. The molecule has 0 saturated heterocycles. The van der Waals surface area contributed by atoms with Gasteiger partial charge in [0, 0.05) is 19.0 Å². The first-order valence-electron chi connectivity index (χ1n) is 6.34. The third-order valence-corrected chi connectivity index (χ3v) is 3.04. The first-order chi connectivity index (χ1) is 8.16. The van der Waals surface area contributed by atoms with Gasteiger partial charge >= 0.3 is 0 Å². The van der Waals surface area contributed by atoms with Gasteiger partial charge in [0.2, 0.25) is 0 Å². The zero-order valence-electron chi connectivity index (χ0n) is 10.9. The number of nitrogens with one attached hydrogen (secondary N) is 1. The van der Waals surface area contributed by atoms with E-state index in [4.69, 9.17) is 4.74 Å². The van der Waals surface area contributed by atoms with Gasteiger partial charge < -0.3 is 10.1 Å². The van der Waals surface area contributed by atoms with Crippen LogP contribution in [0.25, 0.3) is 0 Å². The summed E-state index contributed by atoms with van der Waals surface area (Å²) in [6.07, 6.45) is 0. The maximum atomic E-state index is 5.69. The minimum atomic E-state index is 0.482. The van der Waals surface area contributed by atoms with Crippen molar-refractivity contribution in [3.8, 4) is 0 Å². The van der Waals surface area contributed by atoms with Crippen molar-refractivity contribution in [2.75, 3.05) is 19.7 Å². The van der Waals surface area contributed by atoms with Crippen LogP contribution in [0.4, 0.5) is 0 Å². The van der Waals surface area contributed by atoms with Crippen LogP contribution >= 0.6 is 0 Å². The Bertz CT molecular complexity index is 361. The highest BCUT2D eigenvalue weighted by atomic mass is 16.5. The van der Waals surface area contributed by atoms with Crippen molar-refractivity contribution in [2.45, 2.75) is 33.9 Å². The first-order valence-corrected chi connectivity index (χ1v) is 6.34. The number of aryl methyl sites for hydroxylation is 1. The highest BCUT2D eigenvalue weighted by Gasteiger charge is 2.19. The number of ether oxygens (including phenoxy) is 1. The van der Waals surface area contributed by atoms with Crippen LogP contribution in [0.15, 0.2) is 0 Å². The molecule has 96 valence electrons. The molecule has 0 radical (unpaired) electrons. The van der Waals surface area contributed by atoms with E-state index in [-0.39, 0.29) is 0 Å². The number of hydrogen-bond donors (Lipinski definition) is 1. The van der Waals surface area contributed by atoms with Crippen LogP contribution in [0, 0.1) is 18.8 Å². The summed E-state index contributed by atoms with van der Waals surface area (Å²) in [7, 11) is 0. The van der Waals surface area contributed by atoms with Crippen molar-refractivity contribution >= 4 is 0 Å². The Morgan fingerprint density at radius 1 is 1.53 bits per heavy atom. The van der Waals surface area contributed by atoms with Crippen LogP contribution in [0.1, 0.15) is 25.2 Å². The third-order valence-electron chi connectivity index (χ3n) is 3.04. The van der Waals surface area contributed by atoms with Gasteiger partial charge in [-0.2, -0.15) is 0 Å². The number of nitrogens with zero attached hydrogens (tertiary/aromatic N) is 3. The topological polar surface area (TPSA) is 52.0 Å². The Balaban J connectivity index is 1.89. The van der Waals surface area contributed by atoms with Crippen LogP contribution in [0.2, 0.25) is 0 Å². The maximum absolute atomic E-state index is 5.69. The Kier molecular flexibility index (Phi) is 4.12. The molecule has 1 aliphatic heterocycles. The van der Waals surface area contributed by atoms with Crippen molar-refractivity contribution < 1.29 is 4.74 Å². The van der Waals surface area contributed by atoms with Gasteiger partial charge in [0.25, 0.3) is 0 Å². The predicted molar refractivity (Wildman–Crippen MR) is 65.6 cm³/mol. The lowest BCUT2D eigenvalue weighted by Gasteiger charge is -2.15. The molecule has 1 aliphatic rings. The summed E-state index contributed by atoms with van der Waals surface area (Å²) in [4.78, 5) is 0. The lowest BCUT2D eigenvalue weighted by atomic mass is 10.1. The maximum Gasteiger partial charge on any atom is 0.0904 e. The summed E-state index contributed by atoms with van der Waals surface area (Å²) in [5, 5.41) is 11.7. The number of fused-ring (bicyclic) bond motifs is 1. The molecule has 1 atom stereocenters. The van der Waals surface area contributed by atoms with E-state index in [2.05, 4.69) is 29.5 Å². The second kappa shape index (κ2) is 5.60. The van der Waals surface area contributed by atoms with Crippen molar-refractivity contribution in [3.63, 3.8) is 0 Å². The molecule has 0 bridgehead atoms. The quantitative estimate of drug-likeness (QED) is 0.849. The first kappa shape index (κ1) is 12.5. The van der Waals surface area contributed by atoms with Gasteiger partial charge in [0.15, 0.2) is 0 Å². The van der Waals surface area contributed by atoms with Gasteiger partial charge in [-0.1, -0.05) is 19.1 Å². The summed E-state index contributed by atoms with van der Waals surface area (Å²) in [6, 6.07) is 0. The molecule has 2 rings (SSSR count). The van der Waals surface area contributed by atoms with E-state index in [0.717, 1.165) is 37.6 Å². The lowest BCUT2D eigenvalue weighted by Crippen LogP contribution is -2.30. The lowest BCUT2D eigenvalue weighted by molar-refractivity contribution is 0.0935. The van der Waals surface area contributed by atoms with E-state index in [9.17, 15) is 0 Å². The number of hydrogen-bond acceptors (Lipinski definition) is 4. The van der Waals surface area contributed by atoms with E-state index in [0.29, 0.717) is 18.4 Å². The molecule has 0 amide bonds. The highest BCUT2D eigenvalue weighted by molar-refractivity contribution is 5.07. The fourth-order valence-corrected chi connectivity index (χ4v) is 2.06. The normalized spacial score (nSPS) is 20.4. The van der Waals surface area contributed by atoms with Crippen molar-refractivity contribution in [3.05, 3.63) is 11.4 Å². The molecular formula is C12H22N4O.